The molecule has 14 heteroatoms. The van der Waals surface area contributed by atoms with Gasteiger partial charge < -0.3 is 24.1 Å². The van der Waals surface area contributed by atoms with Gasteiger partial charge in [-0.05, 0) is 63.9 Å². The number of carbonyl (C=O) groups excluding carboxylic acids is 1. The predicted molar refractivity (Wildman–Crippen MR) is 153 cm³/mol. The van der Waals surface area contributed by atoms with E-state index < -0.39 is 33.3 Å². The lowest BCUT2D eigenvalue weighted by Gasteiger charge is -2.30. The zero-order valence-corrected chi connectivity index (χ0v) is 24.6. The van der Waals surface area contributed by atoms with Crippen LogP contribution >= 0.6 is 0 Å². The number of esters is 1. The summed E-state index contributed by atoms with van der Waals surface area (Å²) in [6.45, 7) is 6.77. The first kappa shape index (κ1) is 29.7. The molecule has 224 valence electrons. The lowest BCUT2D eigenvalue weighted by molar-refractivity contribution is -0.172. The lowest BCUT2D eigenvalue weighted by Crippen LogP contribution is -2.40. The quantitative estimate of drug-likeness (QED) is 0.401. The van der Waals surface area contributed by atoms with Gasteiger partial charge in [0.2, 0.25) is 10.0 Å². The van der Waals surface area contributed by atoms with Gasteiger partial charge >= 0.3 is 5.97 Å². The molecule has 4 heterocycles. The van der Waals surface area contributed by atoms with E-state index >= 15 is 0 Å². The third-order valence-electron chi connectivity index (χ3n) is 7.07. The van der Waals surface area contributed by atoms with E-state index in [2.05, 4.69) is 5.32 Å². The maximum atomic E-state index is 13.4. The van der Waals surface area contributed by atoms with Crippen molar-refractivity contribution < 1.29 is 27.4 Å². The highest BCUT2D eigenvalue weighted by atomic mass is 32.2. The second-order valence-corrected chi connectivity index (χ2v) is 13.2. The fourth-order valence-corrected chi connectivity index (χ4v) is 6.43. The van der Waals surface area contributed by atoms with Crippen LogP contribution in [0, 0.1) is 11.3 Å². The number of rotatable bonds is 7. The van der Waals surface area contributed by atoms with Crippen LogP contribution in [0.15, 0.2) is 46.2 Å². The molecule has 0 amide bonds. The zero-order valence-electron chi connectivity index (χ0n) is 23.8. The zero-order chi connectivity index (χ0) is 30.1. The molecule has 0 unspecified atom stereocenters. The van der Waals surface area contributed by atoms with Crippen molar-refractivity contribution in [1.82, 2.24) is 18.7 Å². The van der Waals surface area contributed by atoms with Gasteiger partial charge in [0, 0.05) is 25.0 Å². The van der Waals surface area contributed by atoms with Crippen LogP contribution in [0.4, 0.5) is 11.5 Å². The molecule has 0 aliphatic carbocycles. The molecular formula is C28H34N6O7S. The fraction of sp³-hybridized carbons (Fsp3) is 0.500. The van der Waals surface area contributed by atoms with E-state index in [1.807, 2.05) is 6.07 Å². The molecule has 2 atom stereocenters. The van der Waals surface area contributed by atoms with Crippen molar-refractivity contribution >= 4 is 38.4 Å². The number of morpholine rings is 1. The summed E-state index contributed by atoms with van der Waals surface area (Å²) in [6.07, 6.45) is 1.86. The van der Waals surface area contributed by atoms with Gasteiger partial charge in [0.15, 0.2) is 11.9 Å². The number of benzene rings is 1. The Hall–Kier alpha value is -3.77. The van der Waals surface area contributed by atoms with Crippen molar-refractivity contribution in [2.24, 2.45) is 0 Å². The van der Waals surface area contributed by atoms with Crippen molar-refractivity contribution in [3.05, 3.63) is 46.9 Å². The van der Waals surface area contributed by atoms with Gasteiger partial charge in [-0.25, -0.2) is 13.2 Å². The number of nitrogens with one attached hydrogen (secondary N) is 1. The second-order valence-electron chi connectivity index (χ2n) is 11.2. The third-order valence-corrected chi connectivity index (χ3v) is 8.98. The number of aromatic nitrogens is 3. The number of nitrogens with zero attached hydrogens (tertiary/aromatic N) is 5. The highest BCUT2D eigenvalue weighted by Gasteiger charge is 2.33. The van der Waals surface area contributed by atoms with Crippen LogP contribution in [0.2, 0.25) is 0 Å². The summed E-state index contributed by atoms with van der Waals surface area (Å²) >= 11 is 0. The average Bonchev–Trinajstić information content (AvgIpc) is 3.33. The van der Waals surface area contributed by atoms with Crippen molar-refractivity contribution in [1.29, 1.82) is 5.26 Å². The van der Waals surface area contributed by atoms with E-state index in [-0.39, 0.29) is 35.3 Å². The van der Waals surface area contributed by atoms with Gasteiger partial charge in [0.05, 0.1) is 42.3 Å². The molecule has 0 saturated carbocycles. The predicted octanol–water partition coefficient (Wildman–Crippen LogP) is 2.55. The Labute approximate surface area is 243 Å². The van der Waals surface area contributed by atoms with E-state index in [9.17, 15) is 23.3 Å². The minimum atomic E-state index is -3.66. The molecule has 42 heavy (non-hydrogen) atoms. The van der Waals surface area contributed by atoms with E-state index in [1.54, 1.807) is 49.8 Å². The molecule has 2 aromatic heterocycles. The molecule has 0 radical (unpaired) electrons. The third kappa shape index (κ3) is 6.19. The summed E-state index contributed by atoms with van der Waals surface area (Å²) in [5.41, 5.74) is 0.0669. The largest absolute Gasteiger partial charge is 0.458 e. The van der Waals surface area contributed by atoms with Crippen LogP contribution in [-0.2, 0) is 35.6 Å². The number of carbonyl (C=O) groups is 1. The van der Waals surface area contributed by atoms with Crippen molar-refractivity contribution in [3.63, 3.8) is 0 Å². The molecule has 0 bridgehead atoms. The Morgan fingerprint density at radius 1 is 1.17 bits per heavy atom. The molecule has 3 aromatic rings. The monoisotopic (exact) mass is 598 g/mol. The first-order valence-electron chi connectivity index (χ1n) is 13.8. The van der Waals surface area contributed by atoms with E-state index in [1.165, 1.54) is 21.0 Å². The molecular weight excluding hydrogens is 564 g/mol. The van der Waals surface area contributed by atoms with E-state index in [0.29, 0.717) is 50.3 Å². The van der Waals surface area contributed by atoms with Gasteiger partial charge in [-0.3, -0.25) is 9.48 Å². The molecule has 2 saturated heterocycles. The Kier molecular flexibility index (Phi) is 8.38. The molecule has 13 nitrogen and oxygen atoms in total. The standard InChI is InChI=1S/C28H34N6O7S/c1-28(2,3)41-27(36)23-9-6-20(18-40-23)34-22-10-12-32(13-11-29)26(35)24(22)25(31-34)30-19-4-7-21(8-5-19)42(37,38)33-14-16-39-17-15-33/h4-5,7-8,10,12,20,23H,6,9,13-18H2,1-3H3,(H,30,31)/t20-,23-/m0/s1. The van der Waals surface area contributed by atoms with Gasteiger partial charge in [0.25, 0.3) is 5.56 Å². The van der Waals surface area contributed by atoms with Crippen molar-refractivity contribution in [2.45, 2.75) is 62.8 Å². The number of pyridine rings is 1. The molecule has 2 aliphatic rings. The number of anilines is 2. The number of ether oxygens (including phenoxy) is 3. The molecule has 5 rings (SSSR count). The van der Waals surface area contributed by atoms with Gasteiger partial charge in [-0.15, -0.1) is 0 Å². The van der Waals surface area contributed by atoms with Crippen LogP contribution in [0.1, 0.15) is 39.7 Å². The Balaban J connectivity index is 1.41. The first-order chi connectivity index (χ1) is 20.0. The number of nitriles is 1. The lowest BCUT2D eigenvalue weighted by atomic mass is 10.0. The maximum Gasteiger partial charge on any atom is 0.335 e. The number of fused-ring (bicyclic) bond motifs is 1. The SMILES string of the molecule is CC(C)(C)OC(=O)[C@@H]1CC[C@H](n2nc(Nc3ccc(S(=O)(=O)N4CCOCC4)cc3)c3c(=O)n(CC#N)ccc32)CO1. The molecule has 1 N–H and O–H groups in total. The summed E-state index contributed by atoms with van der Waals surface area (Å²) in [4.78, 5) is 26.0. The van der Waals surface area contributed by atoms with Crippen LogP contribution < -0.4 is 10.9 Å². The molecule has 2 aliphatic heterocycles. The highest BCUT2D eigenvalue weighted by Crippen LogP contribution is 2.31. The summed E-state index contributed by atoms with van der Waals surface area (Å²) in [5.74, 6) is -0.146. The van der Waals surface area contributed by atoms with Crippen LogP contribution in [0.3, 0.4) is 0 Å². The maximum absolute atomic E-state index is 13.4. The fourth-order valence-electron chi connectivity index (χ4n) is 5.02. The number of sulfonamides is 1. The molecule has 1 aromatic carbocycles. The number of hydrogen-bond donors (Lipinski definition) is 1. The average molecular weight is 599 g/mol. The van der Waals surface area contributed by atoms with Gasteiger partial charge in [0.1, 0.15) is 17.5 Å². The van der Waals surface area contributed by atoms with E-state index in [4.69, 9.17) is 19.3 Å². The van der Waals surface area contributed by atoms with Gasteiger partial charge in [-0.1, -0.05) is 0 Å². The summed E-state index contributed by atoms with van der Waals surface area (Å²) < 4.78 is 47.0. The highest BCUT2D eigenvalue weighted by molar-refractivity contribution is 7.89. The second kappa shape index (κ2) is 11.8. The Morgan fingerprint density at radius 3 is 2.50 bits per heavy atom. The normalized spacial score (nSPS) is 20.2. The van der Waals surface area contributed by atoms with Crippen LogP contribution in [0.5, 0.6) is 0 Å². The van der Waals surface area contributed by atoms with Crippen molar-refractivity contribution in [2.75, 3.05) is 38.2 Å². The summed E-state index contributed by atoms with van der Waals surface area (Å²) in [5, 5.41) is 17.4. The Bertz CT molecular complexity index is 1650. The van der Waals surface area contributed by atoms with Gasteiger partial charge in [-0.2, -0.15) is 14.7 Å². The Morgan fingerprint density at radius 2 is 1.88 bits per heavy atom. The van der Waals surface area contributed by atoms with Crippen molar-refractivity contribution in [3.8, 4) is 6.07 Å². The summed E-state index contributed by atoms with van der Waals surface area (Å²) in [7, 11) is -3.66. The minimum absolute atomic E-state index is 0.127. The smallest absolute Gasteiger partial charge is 0.335 e. The van der Waals surface area contributed by atoms with Crippen LogP contribution in [0.25, 0.3) is 10.9 Å². The summed E-state index contributed by atoms with van der Waals surface area (Å²) in [6, 6.07) is 9.70. The molecule has 2 fully saturated rings. The first-order valence-corrected chi connectivity index (χ1v) is 15.2. The van der Waals surface area contributed by atoms with Crippen LogP contribution in [-0.4, -0.2) is 77.7 Å². The minimum Gasteiger partial charge on any atom is -0.458 e. The molecule has 0 spiro atoms. The number of hydrogen-bond acceptors (Lipinski definition) is 10. The van der Waals surface area contributed by atoms with E-state index in [0.717, 1.165) is 0 Å². The topological polar surface area (TPSA) is 158 Å².